The van der Waals surface area contributed by atoms with Crippen molar-refractivity contribution in [3.8, 4) is 5.82 Å². The molecule has 2 aromatic rings. The number of hydrogen-bond acceptors (Lipinski definition) is 4. The standard InChI is InChI=1S/C17H23N5O/c23-17(14-6-2-1-3-7-14)19-11-10-18-15-8-9-16(21-20-15)22-12-4-5-13-22/h4-5,8-9,12-14H,1-3,6-7,10-11H2,(H,18,20)(H,19,23). The van der Waals surface area contributed by atoms with Gasteiger partial charge in [0.2, 0.25) is 5.91 Å². The van der Waals surface area contributed by atoms with Gasteiger partial charge in [-0.3, -0.25) is 4.79 Å². The van der Waals surface area contributed by atoms with Gasteiger partial charge in [-0.1, -0.05) is 19.3 Å². The Bertz CT molecular complexity index is 602. The molecule has 0 aliphatic heterocycles. The average Bonchev–Trinajstić information content (AvgIpc) is 3.14. The monoisotopic (exact) mass is 313 g/mol. The van der Waals surface area contributed by atoms with Crippen molar-refractivity contribution in [2.45, 2.75) is 32.1 Å². The molecule has 6 heteroatoms. The highest BCUT2D eigenvalue weighted by molar-refractivity contribution is 5.78. The third-order valence-electron chi connectivity index (χ3n) is 4.23. The summed E-state index contributed by atoms with van der Waals surface area (Å²) in [5.74, 6) is 1.91. The van der Waals surface area contributed by atoms with Crippen LogP contribution in [0.2, 0.25) is 0 Å². The Morgan fingerprint density at radius 1 is 1.09 bits per heavy atom. The third kappa shape index (κ3) is 4.31. The lowest BCUT2D eigenvalue weighted by atomic mass is 9.89. The van der Waals surface area contributed by atoms with Gasteiger partial charge in [-0.2, -0.15) is 0 Å². The molecule has 1 aliphatic rings. The molecule has 1 fully saturated rings. The van der Waals surface area contributed by atoms with E-state index in [-0.39, 0.29) is 11.8 Å². The summed E-state index contributed by atoms with van der Waals surface area (Å²) in [6.45, 7) is 1.26. The van der Waals surface area contributed by atoms with Crippen LogP contribution in [0, 0.1) is 5.92 Å². The Labute approximate surface area is 136 Å². The molecule has 0 radical (unpaired) electrons. The third-order valence-corrected chi connectivity index (χ3v) is 4.23. The predicted octanol–water partition coefficient (Wildman–Crippen LogP) is 2.38. The number of nitrogens with one attached hydrogen (secondary N) is 2. The highest BCUT2D eigenvalue weighted by Gasteiger charge is 2.20. The smallest absolute Gasteiger partial charge is 0.223 e. The van der Waals surface area contributed by atoms with E-state index in [2.05, 4.69) is 20.8 Å². The molecule has 23 heavy (non-hydrogen) atoms. The highest BCUT2D eigenvalue weighted by Crippen LogP contribution is 2.23. The first-order chi connectivity index (χ1) is 11.3. The van der Waals surface area contributed by atoms with Gasteiger partial charge in [0.15, 0.2) is 5.82 Å². The van der Waals surface area contributed by atoms with Crippen molar-refractivity contribution in [2.75, 3.05) is 18.4 Å². The lowest BCUT2D eigenvalue weighted by Gasteiger charge is -2.20. The maximum absolute atomic E-state index is 12.0. The zero-order chi connectivity index (χ0) is 15.9. The summed E-state index contributed by atoms with van der Waals surface area (Å²) in [4.78, 5) is 12.0. The molecule has 2 heterocycles. The lowest BCUT2D eigenvalue weighted by Crippen LogP contribution is -2.35. The molecular weight excluding hydrogens is 290 g/mol. The fraction of sp³-hybridized carbons (Fsp3) is 0.471. The highest BCUT2D eigenvalue weighted by atomic mass is 16.1. The molecule has 0 bridgehead atoms. The summed E-state index contributed by atoms with van der Waals surface area (Å²) in [7, 11) is 0. The molecule has 0 atom stereocenters. The quantitative estimate of drug-likeness (QED) is 0.803. The van der Waals surface area contributed by atoms with Crippen molar-refractivity contribution < 1.29 is 4.79 Å². The van der Waals surface area contributed by atoms with Crippen LogP contribution in [0.3, 0.4) is 0 Å². The van der Waals surface area contributed by atoms with Crippen LogP contribution < -0.4 is 10.6 Å². The second-order valence-corrected chi connectivity index (χ2v) is 5.92. The van der Waals surface area contributed by atoms with E-state index >= 15 is 0 Å². The van der Waals surface area contributed by atoms with E-state index in [1.54, 1.807) is 0 Å². The van der Waals surface area contributed by atoms with Crippen molar-refractivity contribution in [3.63, 3.8) is 0 Å². The van der Waals surface area contributed by atoms with E-state index < -0.39 is 0 Å². The van der Waals surface area contributed by atoms with Crippen LogP contribution in [-0.2, 0) is 4.79 Å². The van der Waals surface area contributed by atoms with Gasteiger partial charge in [0.05, 0.1) is 0 Å². The Morgan fingerprint density at radius 3 is 2.57 bits per heavy atom. The maximum Gasteiger partial charge on any atom is 0.223 e. The van der Waals surface area contributed by atoms with Crippen molar-refractivity contribution in [1.29, 1.82) is 0 Å². The minimum absolute atomic E-state index is 0.195. The van der Waals surface area contributed by atoms with Crippen LogP contribution in [-0.4, -0.2) is 33.8 Å². The van der Waals surface area contributed by atoms with E-state index in [1.807, 2.05) is 41.2 Å². The first kappa shape index (κ1) is 15.5. The van der Waals surface area contributed by atoms with Crippen LogP contribution in [0.1, 0.15) is 32.1 Å². The summed E-state index contributed by atoms with van der Waals surface area (Å²) >= 11 is 0. The lowest BCUT2D eigenvalue weighted by molar-refractivity contribution is -0.125. The van der Waals surface area contributed by atoms with Crippen LogP contribution in [0.15, 0.2) is 36.7 Å². The van der Waals surface area contributed by atoms with Crippen LogP contribution in [0.25, 0.3) is 5.82 Å². The van der Waals surface area contributed by atoms with Gasteiger partial charge >= 0.3 is 0 Å². The first-order valence-corrected chi connectivity index (χ1v) is 8.31. The second kappa shape index (κ2) is 7.76. The van der Waals surface area contributed by atoms with Crippen molar-refractivity contribution in [1.82, 2.24) is 20.1 Å². The van der Waals surface area contributed by atoms with Gasteiger partial charge in [0, 0.05) is 31.4 Å². The average molecular weight is 313 g/mol. The number of amides is 1. The molecule has 1 saturated carbocycles. The minimum atomic E-state index is 0.195. The topological polar surface area (TPSA) is 71.8 Å². The fourth-order valence-corrected chi connectivity index (χ4v) is 2.93. The van der Waals surface area contributed by atoms with Crippen LogP contribution in [0.4, 0.5) is 5.82 Å². The second-order valence-electron chi connectivity index (χ2n) is 5.92. The number of aromatic nitrogens is 3. The SMILES string of the molecule is O=C(NCCNc1ccc(-n2cccc2)nn1)C1CCCCC1. The molecule has 0 aromatic carbocycles. The van der Waals surface area contributed by atoms with E-state index in [0.717, 1.165) is 18.7 Å². The van der Waals surface area contributed by atoms with Crippen molar-refractivity contribution in [2.24, 2.45) is 5.92 Å². The van der Waals surface area contributed by atoms with Crippen molar-refractivity contribution >= 4 is 11.7 Å². The molecule has 0 saturated heterocycles. The van der Waals surface area contributed by atoms with E-state index in [9.17, 15) is 4.79 Å². The summed E-state index contributed by atoms with van der Waals surface area (Å²) < 4.78 is 1.90. The van der Waals surface area contributed by atoms with Gasteiger partial charge < -0.3 is 15.2 Å². The van der Waals surface area contributed by atoms with E-state index in [0.29, 0.717) is 18.9 Å². The molecule has 6 nitrogen and oxygen atoms in total. The number of carbonyl (C=O) groups is 1. The van der Waals surface area contributed by atoms with Gasteiger partial charge in [-0.25, -0.2) is 0 Å². The summed E-state index contributed by atoms with van der Waals surface area (Å²) in [5.41, 5.74) is 0. The number of anilines is 1. The summed E-state index contributed by atoms with van der Waals surface area (Å²) in [6, 6.07) is 7.70. The Hall–Kier alpha value is -2.37. The molecule has 2 N–H and O–H groups in total. The van der Waals surface area contributed by atoms with Gasteiger partial charge in [-0.05, 0) is 37.1 Å². The molecule has 2 aromatic heterocycles. The predicted molar refractivity (Wildman–Crippen MR) is 89.4 cm³/mol. The molecule has 0 unspecified atom stereocenters. The fourth-order valence-electron chi connectivity index (χ4n) is 2.93. The van der Waals surface area contributed by atoms with E-state index in [1.165, 1.54) is 19.3 Å². The van der Waals surface area contributed by atoms with Crippen LogP contribution in [0.5, 0.6) is 0 Å². The van der Waals surface area contributed by atoms with Crippen LogP contribution >= 0.6 is 0 Å². The Morgan fingerprint density at radius 2 is 1.87 bits per heavy atom. The zero-order valence-electron chi connectivity index (χ0n) is 13.2. The maximum atomic E-state index is 12.0. The number of hydrogen-bond donors (Lipinski definition) is 2. The number of carbonyl (C=O) groups excluding carboxylic acids is 1. The van der Waals surface area contributed by atoms with E-state index in [4.69, 9.17) is 0 Å². The Kier molecular flexibility index (Phi) is 5.24. The minimum Gasteiger partial charge on any atom is -0.367 e. The number of rotatable bonds is 6. The Balaban J connectivity index is 1.39. The normalized spacial score (nSPS) is 15.3. The first-order valence-electron chi connectivity index (χ1n) is 8.31. The summed E-state index contributed by atoms with van der Waals surface area (Å²) in [5, 5.41) is 14.5. The van der Waals surface area contributed by atoms with Gasteiger partial charge in [-0.15, -0.1) is 10.2 Å². The van der Waals surface area contributed by atoms with Crippen molar-refractivity contribution in [3.05, 3.63) is 36.7 Å². The largest absolute Gasteiger partial charge is 0.367 e. The molecule has 0 spiro atoms. The zero-order valence-corrected chi connectivity index (χ0v) is 13.2. The van der Waals surface area contributed by atoms with Gasteiger partial charge in [0.1, 0.15) is 5.82 Å². The number of nitrogens with zero attached hydrogens (tertiary/aromatic N) is 3. The molecule has 1 amide bonds. The summed E-state index contributed by atoms with van der Waals surface area (Å²) in [6.07, 6.45) is 9.55. The molecule has 1 aliphatic carbocycles. The molecule has 122 valence electrons. The molecule has 3 rings (SSSR count). The van der Waals surface area contributed by atoms with Gasteiger partial charge in [0.25, 0.3) is 0 Å². The molecular formula is C17H23N5O.